The standard InChI is InChI=1S/C15H20N4O4S.C2HF3O2/c1-24(21,22)16-9-12-8-15(20)19-6-3-5-18(11-14(19)17-12)10-13-4-2-7-23-13;3-2(4,5)1(6)7/h2,4,7-8,16H,3,5-6,9-11H2,1H3;(H,6,7). The van der Waals surface area contributed by atoms with Crippen LogP contribution in [0.2, 0.25) is 0 Å². The second-order valence-electron chi connectivity index (χ2n) is 6.69. The van der Waals surface area contributed by atoms with Gasteiger partial charge in [-0.25, -0.2) is 22.9 Å². The zero-order chi connectivity index (χ0) is 23.2. The molecular formula is C17H21F3N4O6S. The van der Waals surface area contributed by atoms with E-state index in [0.29, 0.717) is 31.2 Å². The number of hydrogen-bond donors (Lipinski definition) is 2. The van der Waals surface area contributed by atoms with Gasteiger partial charge in [-0.2, -0.15) is 13.2 Å². The summed E-state index contributed by atoms with van der Waals surface area (Å²) < 4.78 is 63.6. The fraction of sp³-hybridized carbons (Fsp3) is 0.471. The van der Waals surface area contributed by atoms with Crippen LogP contribution >= 0.6 is 0 Å². The van der Waals surface area contributed by atoms with E-state index in [2.05, 4.69) is 14.6 Å². The van der Waals surface area contributed by atoms with E-state index in [1.54, 1.807) is 10.8 Å². The molecule has 0 saturated heterocycles. The van der Waals surface area contributed by atoms with Crippen LogP contribution in [0.1, 0.15) is 23.7 Å². The molecule has 0 atom stereocenters. The Balaban J connectivity index is 0.000000423. The van der Waals surface area contributed by atoms with E-state index in [0.717, 1.165) is 25.0 Å². The average Bonchev–Trinajstić information content (AvgIpc) is 3.05. The van der Waals surface area contributed by atoms with Crippen LogP contribution in [0.4, 0.5) is 13.2 Å². The molecule has 0 fully saturated rings. The van der Waals surface area contributed by atoms with E-state index < -0.39 is 22.2 Å². The van der Waals surface area contributed by atoms with Crippen LogP contribution in [0.15, 0.2) is 33.7 Å². The topological polar surface area (TPSA) is 135 Å². The molecule has 0 amide bonds. The summed E-state index contributed by atoms with van der Waals surface area (Å²) in [5, 5.41) is 7.12. The minimum Gasteiger partial charge on any atom is -0.475 e. The lowest BCUT2D eigenvalue weighted by Gasteiger charge is -2.18. The average molecular weight is 466 g/mol. The number of furan rings is 1. The molecule has 3 rings (SSSR count). The predicted molar refractivity (Wildman–Crippen MR) is 101 cm³/mol. The summed E-state index contributed by atoms with van der Waals surface area (Å²) in [5.41, 5.74) is 0.279. The summed E-state index contributed by atoms with van der Waals surface area (Å²) in [6, 6.07) is 5.15. The lowest BCUT2D eigenvalue weighted by atomic mass is 10.3. The van der Waals surface area contributed by atoms with Crippen molar-refractivity contribution in [3.63, 3.8) is 0 Å². The molecule has 172 valence electrons. The van der Waals surface area contributed by atoms with Crippen molar-refractivity contribution in [2.75, 3.05) is 12.8 Å². The van der Waals surface area contributed by atoms with Crippen molar-refractivity contribution in [2.24, 2.45) is 0 Å². The van der Waals surface area contributed by atoms with Gasteiger partial charge in [-0.15, -0.1) is 0 Å². The quantitative estimate of drug-likeness (QED) is 0.665. The number of nitrogens with zero attached hydrogens (tertiary/aromatic N) is 3. The van der Waals surface area contributed by atoms with E-state index in [9.17, 15) is 26.4 Å². The molecule has 0 aliphatic carbocycles. The number of aliphatic carboxylic acids is 1. The number of carboxylic acid groups (broad SMARTS) is 1. The van der Waals surface area contributed by atoms with Crippen LogP contribution in [0.25, 0.3) is 0 Å². The van der Waals surface area contributed by atoms with Gasteiger partial charge >= 0.3 is 12.1 Å². The van der Waals surface area contributed by atoms with Gasteiger partial charge in [-0.05, 0) is 18.6 Å². The van der Waals surface area contributed by atoms with Crippen LogP contribution in [-0.4, -0.2) is 52.9 Å². The van der Waals surface area contributed by atoms with Gasteiger partial charge in [0.2, 0.25) is 10.0 Å². The molecule has 0 saturated carbocycles. The molecule has 14 heteroatoms. The first-order chi connectivity index (χ1) is 14.3. The van der Waals surface area contributed by atoms with Crippen molar-refractivity contribution >= 4 is 16.0 Å². The molecule has 2 aromatic rings. The minimum atomic E-state index is -5.08. The van der Waals surface area contributed by atoms with Crippen LogP contribution in [-0.2, 0) is 41.0 Å². The second-order valence-corrected chi connectivity index (χ2v) is 8.53. The molecular weight excluding hydrogens is 445 g/mol. The Morgan fingerprint density at radius 1 is 1.35 bits per heavy atom. The van der Waals surface area contributed by atoms with Crippen LogP contribution in [0.5, 0.6) is 0 Å². The van der Waals surface area contributed by atoms with E-state index in [1.165, 1.54) is 6.07 Å². The van der Waals surface area contributed by atoms with E-state index in [1.807, 2.05) is 12.1 Å². The highest BCUT2D eigenvalue weighted by Crippen LogP contribution is 2.14. The maximum Gasteiger partial charge on any atom is 0.490 e. The molecule has 31 heavy (non-hydrogen) atoms. The summed E-state index contributed by atoms with van der Waals surface area (Å²) >= 11 is 0. The maximum atomic E-state index is 12.3. The summed E-state index contributed by atoms with van der Waals surface area (Å²) in [5.74, 6) is -1.25. The molecule has 0 unspecified atom stereocenters. The van der Waals surface area contributed by atoms with Crippen molar-refractivity contribution in [3.8, 4) is 0 Å². The zero-order valence-electron chi connectivity index (χ0n) is 16.4. The number of hydrogen-bond acceptors (Lipinski definition) is 7. The van der Waals surface area contributed by atoms with Gasteiger partial charge in [0.05, 0.1) is 37.8 Å². The zero-order valence-corrected chi connectivity index (χ0v) is 17.2. The van der Waals surface area contributed by atoms with Gasteiger partial charge in [0.15, 0.2) is 0 Å². The summed E-state index contributed by atoms with van der Waals surface area (Å²) in [7, 11) is -3.33. The van der Waals surface area contributed by atoms with Crippen LogP contribution in [0, 0.1) is 0 Å². The summed E-state index contributed by atoms with van der Waals surface area (Å²) in [4.78, 5) is 27.8. The highest BCUT2D eigenvalue weighted by atomic mass is 32.2. The number of sulfonamides is 1. The first-order valence-corrected chi connectivity index (χ1v) is 10.8. The van der Waals surface area contributed by atoms with Crippen molar-refractivity contribution in [1.82, 2.24) is 19.2 Å². The fourth-order valence-corrected chi connectivity index (χ4v) is 3.16. The molecule has 3 heterocycles. The van der Waals surface area contributed by atoms with E-state index >= 15 is 0 Å². The Kier molecular flexibility index (Phi) is 7.97. The van der Waals surface area contributed by atoms with Crippen molar-refractivity contribution in [3.05, 3.63) is 52.1 Å². The molecule has 0 bridgehead atoms. The molecule has 0 spiro atoms. The fourth-order valence-electron chi connectivity index (χ4n) is 2.75. The van der Waals surface area contributed by atoms with Crippen LogP contribution < -0.4 is 10.3 Å². The molecule has 2 N–H and O–H groups in total. The van der Waals surface area contributed by atoms with Crippen molar-refractivity contribution in [2.45, 2.75) is 38.8 Å². The highest BCUT2D eigenvalue weighted by Gasteiger charge is 2.38. The van der Waals surface area contributed by atoms with Gasteiger partial charge in [-0.1, -0.05) is 0 Å². The lowest BCUT2D eigenvalue weighted by molar-refractivity contribution is -0.192. The molecule has 10 nitrogen and oxygen atoms in total. The highest BCUT2D eigenvalue weighted by molar-refractivity contribution is 7.88. The van der Waals surface area contributed by atoms with Crippen LogP contribution in [0.3, 0.4) is 0 Å². The van der Waals surface area contributed by atoms with E-state index in [4.69, 9.17) is 14.3 Å². The summed E-state index contributed by atoms with van der Waals surface area (Å²) in [6.07, 6.45) is -1.52. The number of aromatic nitrogens is 2. The molecule has 2 aromatic heterocycles. The summed E-state index contributed by atoms with van der Waals surface area (Å²) in [6.45, 7) is 2.62. The third-order valence-corrected chi connectivity index (χ3v) is 4.75. The SMILES string of the molecule is CS(=O)(=O)NCc1cc(=O)n2c(n1)CN(Cc1ccco1)CCC2.O=C(O)C(F)(F)F. The molecule has 1 aliphatic heterocycles. The van der Waals surface area contributed by atoms with Gasteiger partial charge < -0.3 is 9.52 Å². The van der Waals surface area contributed by atoms with E-state index in [-0.39, 0.29) is 12.1 Å². The number of carboxylic acids is 1. The van der Waals surface area contributed by atoms with Gasteiger partial charge in [0.25, 0.3) is 5.56 Å². The lowest BCUT2D eigenvalue weighted by Crippen LogP contribution is -2.29. The Bertz CT molecular complexity index is 1050. The molecule has 0 aromatic carbocycles. The molecule has 0 radical (unpaired) electrons. The second kappa shape index (κ2) is 10.1. The largest absolute Gasteiger partial charge is 0.490 e. The Hall–Kier alpha value is -2.71. The number of nitrogens with one attached hydrogen (secondary N) is 1. The maximum absolute atomic E-state index is 12.3. The van der Waals surface area contributed by atoms with Gasteiger partial charge in [-0.3, -0.25) is 14.3 Å². The van der Waals surface area contributed by atoms with Gasteiger partial charge in [0.1, 0.15) is 11.6 Å². The van der Waals surface area contributed by atoms with Crippen molar-refractivity contribution in [1.29, 1.82) is 0 Å². The molecule has 1 aliphatic rings. The normalized spacial score (nSPS) is 14.8. The minimum absolute atomic E-state index is 0.0140. The predicted octanol–water partition coefficient (Wildman–Crippen LogP) is 0.925. The Morgan fingerprint density at radius 2 is 2.03 bits per heavy atom. The first-order valence-electron chi connectivity index (χ1n) is 8.94. The third-order valence-electron chi connectivity index (χ3n) is 4.08. The first kappa shape index (κ1) is 24.6. The number of carbonyl (C=O) groups is 1. The number of fused-ring (bicyclic) bond motifs is 1. The van der Waals surface area contributed by atoms with Gasteiger partial charge in [0, 0.05) is 19.2 Å². The Morgan fingerprint density at radius 3 is 2.58 bits per heavy atom. The number of alkyl halides is 3. The number of halogens is 3. The number of rotatable bonds is 5. The Labute approximate surface area is 175 Å². The van der Waals surface area contributed by atoms with Crippen molar-refractivity contribution < 1.29 is 35.9 Å². The third kappa shape index (κ3) is 8.15. The smallest absolute Gasteiger partial charge is 0.475 e. The monoisotopic (exact) mass is 466 g/mol.